The second-order valence-corrected chi connectivity index (χ2v) is 28.2. The summed E-state index contributed by atoms with van der Waals surface area (Å²) < 4.78 is 70.4. The molecule has 11 rings (SSSR count). The van der Waals surface area contributed by atoms with Crippen molar-refractivity contribution in [2.45, 2.75) is 140 Å². The number of ether oxygens (including phenoxy) is 12. The number of phenols is 8. The van der Waals surface area contributed by atoms with Crippen molar-refractivity contribution in [2.24, 2.45) is 20.5 Å². The Balaban J connectivity index is 0.872. The zero-order valence-electron chi connectivity index (χ0n) is 64.3. The highest BCUT2D eigenvalue weighted by molar-refractivity contribution is 5.63. The number of hydrogen-bond acceptors (Lipinski definition) is 24. The highest BCUT2D eigenvalue weighted by atomic mass is 16.6. The van der Waals surface area contributed by atoms with E-state index in [1.54, 1.807) is 109 Å². The van der Waals surface area contributed by atoms with Crippen LogP contribution in [-0.4, -0.2) is 160 Å². The molecule has 2 aliphatic heterocycles. The summed E-state index contributed by atoms with van der Waals surface area (Å²) in [5.74, 6) is -1.77. The third-order valence-corrected chi connectivity index (χ3v) is 20.2. The number of nitrogens with zero attached hydrogens (tertiary/aromatic N) is 4. The van der Waals surface area contributed by atoms with Gasteiger partial charge in [0.2, 0.25) is 0 Å². The molecule has 0 atom stereocenters. The zero-order valence-corrected chi connectivity index (χ0v) is 64.3. The lowest BCUT2D eigenvalue weighted by Crippen LogP contribution is -2.13. The number of fused-ring (bicyclic) bond motifs is 10. The van der Waals surface area contributed by atoms with Crippen LogP contribution in [0.3, 0.4) is 0 Å². The van der Waals surface area contributed by atoms with Crippen LogP contribution in [0.1, 0.15) is 185 Å². The molecular formula is C88H108N4O20. The molecule has 8 bridgehead atoms. The van der Waals surface area contributed by atoms with Crippen molar-refractivity contribution in [1.82, 2.24) is 0 Å². The van der Waals surface area contributed by atoms with Crippen LogP contribution in [0, 0.1) is 0 Å². The number of unbranched alkanes of at least 4 members (excludes halogenated alkanes) is 8. The van der Waals surface area contributed by atoms with Crippen LogP contribution < -0.4 is 28.4 Å². The maximum atomic E-state index is 12.3. The van der Waals surface area contributed by atoms with E-state index < -0.39 is 23.7 Å². The second kappa shape index (κ2) is 43.7. The summed E-state index contributed by atoms with van der Waals surface area (Å²) in [6, 6.07) is 37.2. The molecule has 8 aromatic carbocycles. The number of azo groups is 2. The van der Waals surface area contributed by atoms with E-state index in [-0.39, 0.29) is 85.3 Å². The lowest BCUT2D eigenvalue weighted by molar-refractivity contribution is 0.00708. The molecule has 0 fully saturated rings. The Morgan fingerprint density at radius 1 is 0.259 bits per heavy atom. The third-order valence-electron chi connectivity index (χ3n) is 20.2. The molecule has 2 heterocycles. The molecule has 600 valence electrons. The lowest BCUT2D eigenvalue weighted by Gasteiger charge is -2.29. The molecule has 0 saturated heterocycles. The van der Waals surface area contributed by atoms with Crippen molar-refractivity contribution in [3.05, 3.63) is 178 Å². The molecule has 0 saturated carbocycles. The molecule has 0 unspecified atom stereocenters. The van der Waals surface area contributed by atoms with Crippen LogP contribution in [0.2, 0.25) is 0 Å². The minimum Gasteiger partial charge on any atom is -0.508 e. The Morgan fingerprint density at radius 3 is 0.786 bits per heavy atom. The van der Waals surface area contributed by atoms with E-state index in [0.717, 1.165) is 51.4 Å². The Hall–Kier alpha value is -10.1. The standard InChI is InChI=1S/C88H108N4O20/c1-3-5-7-9-11-15-65-69-51-73(81(97)55-77(69)93)67(17-13-31-107-63-25-19-59(20-26-63)89-91-61-23-29-85-87(49-61)111-47-43-105-39-35-101-33-37-103-41-45-109-85)75-53-71(79(95)57-83(75)99)66(16-12-10-8-6-4-2)72-54-76(84(100)58-80(72)96)68(74-52-70(65)78(94)56-82(74)98)18-14-32-108-64-27-21-60(22-28-64)90-92-62-24-30-86-88(50-62)112-48-44-106-40-36-102-34-38-104-42-46-110-86/h19-30,49-58,65-68,93-100H,3-18,31-48H2,1-2H3. The van der Waals surface area contributed by atoms with Gasteiger partial charge in [-0.3, -0.25) is 0 Å². The largest absolute Gasteiger partial charge is 0.508 e. The summed E-state index contributed by atoms with van der Waals surface area (Å²) in [7, 11) is 0. The average molecular weight is 1540 g/mol. The van der Waals surface area contributed by atoms with E-state index in [1.807, 2.05) is 0 Å². The van der Waals surface area contributed by atoms with Crippen LogP contribution in [-0.2, 0) is 28.4 Å². The van der Waals surface area contributed by atoms with Crippen LogP contribution in [0.15, 0.2) is 154 Å². The lowest BCUT2D eigenvalue weighted by atomic mass is 9.76. The number of aromatic hydroxyl groups is 8. The highest BCUT2D eigenvalue weighted by Crippen LogP contribution is 2.53. The average Bonchev–Trinajstić information content (AvgIpc) is 0.754. The second-order valence-electron chi connectivity index (χ2n) is 28.2. The SMILES string of the molecule is CCCCCCCC1c2cc(c(O)cc2O)C(CCCOc2ccc(N=Nc3ccc4c(c3)OCCOCCOCCOCCO4)cc2)c2cc(c(O)cc2O)C(CCCCCCC)c2cc(c(O)cc2O)C(CCCOc2ccc(N=Nc3ccc4c(c3)OCCOCCOCCOCCO4)cc2)c2cc1c(O)cc2O. The Morgan fingerprint density at radius 2 is 0.500 bits per heavy atom. The molecule has 0 spiro atoms. The molecule has 1 aliphatic carbocycles. The van der Waals surface area contributed by atoms with Crippen molar-refractivity contribution in [3.8, 4) is 80.5 Å². The predicted octanol–water partition coefficient (Wildman–Crippen LogP) is 19.1. The third kappa shape index (κ3) is 24.0. The first-order chi connectivity index (χ1) is 54.8. The fraction of sp³-hybridized carbons (Fsp3) is 0.455. The van der Waals surface area contributed by atoms with Crippen LogP contribution in [0.25, 0.3) is 0 Å². The van der Waals surface area contributed by atoms with E-state index in [2.05, 4.69) is 34.3 Å². The van der Waals surface area contributed by atoms with E-state index >= 15 is 0 Å². The first-order valence-corrected chi connectivity index (χ1v) is 39.6. The molecule has 8 aromatic rings. The Bertz CT molecular complexity index is 3920. The molecule has 24 heteroatoms. The van der Waals surface area contributed by atoms with E-state index in [0.29, 0.717) is 233 Å². The topological polar surface area (TPSA) is 322 Å². The Kier molecular flexibility index (Phi) is 32.3. The van der Waals surface area contributed by atoms with E-state index in [9.17, 15) is 40.9 Å². The zero-order chi connectivity index (χ0) is 78.2. The first-order valence-electron chi connectivity index (χ1n) is 39.6. The smallest absolute Gasteiger partial charge is 0.163 e. The highest BCUT2D eigenvalue weighted by Gasteiger charge is 2.34. The number of hydrogen-bond donors (Lipinski definition) is 8. The first kappa shape index (κ1) is 82.9. The molecular weight excluding hydrogens is 1430 g/mol. The van der Waals surface area contributed by atoms with Crippen LogP contribution in [0.5, 0.6) is 80.5 Å². The van der Waals surface area contributed by atoms with Crippen molar-refractivity contribution >= 4 is 22.7 Å². The van der Waals surface area contributed by atoms with Gasteiger partial charge >= 0.3 is 0 Å². The molecule has 112 heavy (non-hydrogen) atoms. The van der Waals surface area contributed by atoms with Gasteiger partial charge in [0.05, 0.1) is 115 Å². The molecule has 24 nitrogen and oxygen atoms in total. The monoisotopic (exact) mass is 1540 g/mol. The minimum absolute atomic E-state index is 0.193. The fourth-order valence-corrected chi connectivity index (χ4v) is 14.4. The van der Waals surface area contributed by atoms with Gasteiger partial charge in [-0.15, -0.1) is 0 Å². The van der Waals surface area contributed by atoms with Gasteiger partial charge in [0.15, 0.2) is 23.0 Å². The molecule has 0 amide bonds. The summed E-state index contributed by atoms with van der Waals surface area (Å²) in [5.41, 5.74) is 5.25. The van der Waals surface area contributed by atoms with Gasteiger partial charge in [0.25, 0.3) is 0 Å². The van der Waals surface area contributed by atoms with Gasteiger partial charge < -0.3 is 97.7 Å². The van der Waals surface area contributed by atoms with Gasteiger partial charge in [-0.1, -0.05) is 78.1 Å². The molecule has 8 N–H and O–H groups in total. The van der Waals surface area contributed by atoms with E-state index in [4.69, 9.17) is 56.8 Å². The summed E-state index contributed by atoms with van der Waals surface area (Å²) in [4.78, 5) is 0. The van der Waals surface area contributed by atoms with Gasteiger partial charge in [0.1, 0.15) is 83.9 Å². The summed E-state index contributed by atoms with van der Waals surface area (Å²) in [6.45, 7) is 11.0. The predicted molar refractivity (Wildman–Crippen MR) is 424 cm³/mol. The number of benzene rings is 8. The normalized spacial score (nSPS) is 17.7. The van der Waals surface area contributed by atoms with Gasteiger partial charge in [-0.05, 0) is 136 Å². The van der Waals surface area contributed by atoms with E-state index in [1.165, 1.54) is 24.3 Å². The molecule has 0 aromatic heterocycles. The van der Waals surface area contributed by atoms with Gasteiger partial charge in [0, 0.05) is 105 Å². The minimum atomic E-state index is -0.800. The number of rotatable bonds is 26. The summed E-state index contributed by atoms with van der Waals surface area (Å²) in [5, 5.41) is 116. The molecule has 0 radical (unpaired) electrons. The summed E-state index contributed by atoms with van der Waals surface area (Å²) >= 11 is 0. The van der Waals surface area contributed by atoms with Crippen molar-refractivity contribution in [1.29, 1.82) is 0 Å². The maximum absolute atomic E-state index is 12.3. The molecule has 3 aliphatic rings. The van der Waals surface area contributed by atoms with Gasteiger partial charge in [-0.25, -0.2) is 0 Å². The number of phenolic OH excluding ortho intramolecular Hbond substituents is 8. The van der Waals surface area contributed by atoms with Crippen LogP contribution >= 0.6 is 0 Å². The maximum Gasteiger partial charge on any atom is 0.163 e. The van der Waals surface area contributed by atoms with Crippen molar-refractivity contribution < 1.29 is 97.7 Å². The Labute approximate surface area is 655 Å². The quantitative estimate of drug-likeness (QED) is 0.0184. The fourth-order valence-electron chi connectivity index (χ4n) is 14.4. The van der Waals surface area contributed by atoms with Crippen molar-refractivity contribution in [2.75, 3.05) is 119 Å². The van der Waals surface area contributed by atoms with Crippen LogP contribution in [0.4, 0.5) is 22.7 Å². The summed E-state index contributed by atoms with van der Waals surface area (Å²) in [6.07, 6.45) is 11.2. The van der Waals surface area contributed by atoms with Gasteiger partial charge in [-0.2, -0.15) is 20.5 Å². The van der Waals surface area contributed by atoms with Crippen molar-refractivity contribution in [3.63, 3.8) is 0 Å².